The zero-order valence-electron chi connectivity index (χ0n) is 19.7. The van der Waals surface area contributed by atoms with Gasteiger partial charge in [0.1, 0.15) is 0 Å². The summed E-state index contributed by atoms with van der Waals surface area (Å²) in [6.07, 6.45) is 2.75. The number of aryl methyl sites for hydroxylation is 1. The van der Waals surface area contributed by atoms with Crippen LogP contribution in [0.4, 0.5) is 0 Å². The van der Waals surface area contributed by atoms with Crippen LogP contribution < -0.4 is 9.47 Å². The molecule has 7 heteroatoms. The maximum Gasteiger partial charge on any atom is 0.257 e. The second kappa shape index (κ2) is 9.60. The normalized spacial score (nSPS) is 19.3. The summed E-state index contributed by atoms with van der Waals surface area (Å²) in [7, 11) is 5.29. The molecule has 5 rings (SSSR count). The molecular weight excluding hydrogens is 446 g/mol. The molecule has 2 aromatic carbocycles. The van der Waals surface area contributed by atoms with Gasteiger partial charge in [-0.3, -0.25) is 9.69 Å². The van der Waals surface area contributed by atoms with E-state index in [0.717, 1.165) is 29.0 Å². The minimum Gasteiger partial charge on any atom is -0.493 e. The minimum atomic E-state index is -0.186. The summed E-state index contributed by atoms with van der Waals surface area (Å²) < 4.78 is 10.9. The van der Waals surface area contributed by atoms with E-state index in [9.17, 15) is 4.79 Å². The molecule has 1 aromatic heterocycles. The summed E-state index contributed by atoms with van der Waals surface area (Å²) in [5.41, 5.74) is 4.64. The maximum atomic E-state index is 13.6. The number of hydrogen-bond acceptors (Lipinski definition) is 6. The Hall–Kier alpha value is -3.16. The number of benzene rings is 2. The lowest BCUT2D eigenvalue weighted by Crippen LogP contribution is -2.37. The van der Waals surface area contributed by atoms with Crippen LogP contribution >= 0.6 is 11.3 Å². The van der Waals surface area contributed by atoms with Crippen molar-refractivity contribution in [2.24, 2.45) is 5.10 Å². The van der Waals surface area contributed by atoms with E-state index in [2.05, 4.69) is 35.2 Å². The number of carbonyl (C=O) groups is 1. The Morgan fingerprint density at radius 2 is 1.94 bits per heavy atom. The molecule has 2 aliphatic rings. The molecule has 1 aliphatic carbocycles. The van der Waals surface area contributed by atoms with E-state index >= 15 is 0 Å². The van der Waals surface area contributed by atoms with Gasteiger partial charge in [0, 0.05) is 12.5 Å². The molecule has 0 fully saturated rings. The topological polar surface area (TPSA) is 54.4 Å². The molecule has 0 saturated heterocycles. The first-order chi connectivity index (χ1) is 16.6. The minimum absolute atomic E-state index is 0.00165. The van der Waals surface area contributed by atoms with Gasteiger partial charge in [-0.05, 0) is 60.2 Å². The molecule has 6 nitrogen and oxygen atoms in total. The average molecular weight is 476 g/mol. The molecule has 1 aliphatic heterocycles. The van der Waals surface area contributed by atoms with E-state index in [0.29, 0.717) is 24.5 Å². The van der Waals surface area contributed by atoms with Crippen LogP contribution in [0.2, 0.25) is 0 Å². The van der Waals surface area contributed by atoms with Gasteiger partial charge in [0.2, 0.25) is 0 Å². The van der Waals surface area contributed by atoms with Gasteiger partial charge in [0.15, 0.2) is 11.5 Å². The van der Waals surface area contributed by atoms with Crippen LogP contribution in [0.1, 0.15) is 46.5 Å². The molecule has 0 saturated carbocycles. The summed E-state index contributed by atoms with van der Waals surface area (Å²) in [5, 5.41) is 8.54. The van der Waals surface area contributed by atoms with E-state index in [1.54, 1.807) is 30.6 Å². The molecule has 1 amide bonds. The highest BCUT2D eigenvalue weighted by atomic mass is 32.1. The number of fused-ring (bicyclic) bond motifs is 1. The van der Waals surface area contributed by atoms with Crippen LogP contribution in [0.15, 0.2) is 65.1 Å². The molecule has 0 spiro atoms. The summed E-state index contributed by atoms with van der Waals surface area (Å²) in [6.45, 7) is 0.310. The number of rotatable bonds is 7. The van der Waals surface area contributed by atoms with Crippen LogP contribution in [0.5, 0.6) is 11.5 Å². The van der Waals surface area contributed by atoms with Gasteiger partial charge >= 0.3 is 0 Å². The number of methoxy groups -OCH3 is 2. The maximum absolute atomic E-state index is 13.6. The van der Waals surface area contributed by atoms with Gasteiger partial charge in [-0.15, -0.1) is 11.3 Å². The first-order valence-corrected chi connectivity index (χ1v) is 12.4. The summed E-state index contributed by atoms with van der Waals surface area (Å²) in [5.74, 6) is 1.32. The summed E-state index contributed by atoms with van der Waals surface area (Å²) in [6, 6.07) is 18.5. The van der Waals surface area contributed by atoms with Crippen molar-refractivity contribution in [3.8, 4) is 11.5 Å². The van der Waals surface area contributed by atoms with E-state index in [4.69, 9.17) is 14.6 Å². The molecule has 2 heterocycles. The van der Waals surface area contributed by atoms with Gasteiger partial charge in [0.25, 0.3) is 5.91 Å². The SMILES string of the molecule is COc1ccc(C2CC(c3cccs3)=NN2C(=O)CN(C)C2CCc3ccccc32)cc1OC. The van der Waals surface area contributed by atoms with Crippen LogP contribution in [0, 0.1) is 0 Å². The van der Waals surface area contributed by atoms with Gasteiger partial charge in [0.05, 0.1) is 37.4 Å². The van der Waals surface area contributed by atoms with E-state index in [1.165, 1.54) is 11.1 Å². The first kappa shape index (κ1) is 22.6. The van der Waals surface area contributed by atoms with Crippen molar-refractivity contribution in [1.29, 1.82) is 0 Å². The first-order valence-electron chi connectivity index (χ1n) is 11.5. The lowest BCUT2D eigenvalue weighted by atomic mass is 10.0. The number of ether oxygens (including phenoxy) is 2. The zero-order valence-corrected chi connectivity index (χ0v) is 20.5. The monoisotopic (exact) mass is 475 g/mol. The Balaban J connectivity index is 1.41. The third-order valence-corrected chi connectivity index (χ3v) is 7.70. The fourth-order valence-electron chi connectivity index (χ4n) is 5.04. The Morgan fingerprint density at radius 3 is 2.71 bits per heavy atom. The van der Waals surface area contributed by atoms with Crippen molar-refractivity contribution in [3.63, 3.8) is 0 Å². The van der Waals surface area contributed by atoms with E-state index in [-0.39, 0.29) is 18.0 Å². The number of hydrogen-bond donors (Lipinski definition) is 0. The van der Waals surface area contributed by atoms with Crippen LogP contribution in [0.3, 0.4) is 0 Å². The van der Waals surface area contributed by atoms with Crippen molar-refractivity contribution in [3.05, 3.63) is 81.5 Å². The highest BCUT2D eigenvalue weighted by Gasteiger charge is 2.35. The molecule has 176 valence electrons. The molecule has 0 N–H and O–H groups in total. The molecule has 3 aromatic rings. The van der Waals surface area contributed by atoms with E-state index in [1.807, 2.05) is 36.7 Å². The van der Waals surface area contributed by atoms with Crippen molar-refractivity contribution in [2.45, 2.75) is 31.3 Å². The predicted octanol–water partition coefficient (Wildman–Crippen LogP) is 5.06. The molecule has 0 bridgehead atoms. The standard InChI is InChI=1S/C27H29N3O3S/c1-29(22-12-10-18-7-4-5-8-20(18)22)17-27(31)30-23(16-21(28-30)26-9-6-14-34-26)19-11-13-24(32-2)25(15-19)33-3/h4-9,11,13-15,22-23H,10,12,16-17H2,1-3H3. The fourth-order valence-corrected chi connectivity index (χ4v) is 5.76. The number of thiophene rings is 1. The lowest BCUT2D eigenvalue weighted by Gasteiger charge is -2.28. The third-order valence-electron chi connectivity index (χ3n) is 6.78. The smallest absolute Gasteiger partial charge is 0.257 e. The molecule has 2 atom stereocenters. The van der Waals surface area contributed by atoms with Crippen LogP contribution in [-0.4, -0.2) is 49.3 Å². The second-order valence-corrected chi connectivity index (χ2v) is 9.71. The summed E-state index contributed by atoms with van der Waals surface area (Å²) in [4.78, 5) is 16.9. The van der Waals surface area contributed by atoms with Crippen molar-refractivity contribution >= 4 is 23.0 Å². The number of carbonyl (C=O) groups excluding carboxylic acids is 1. The Morgan fingerprint density at radius 1 is 1.12 bits per heavy atom. The molecule has 0 radical (unpaired) electrons. The predicted molar refractivity (Wildman–Crippen MR) is 135 cm³/mol. The van der Waals surface area contributed by atoms with Crippen molar-refractivity contribution in [1.82, 2.24) is 9.91 Å². The highest BCUT2D eigenvalue weighted by molar-refractivity contribution is 7.12. The van der Waals surface area contributed by atoms with Gasteiger partial charge < -0.3 is 9.47 Å². The van der Waals surface area contributed by atoms with Crippen LogP contribution in [0.25, 0.3) is 0 Å². The largest absolute Gasteiger partial charge is 0.493 e. The molecule has 2 unspecified atom stereocenters. The Bertz CT molecular complexity index is 1210. The Kier molecular flexibility index (Phi) is 6.39. The zero-order chi connectivity index (χ0) is 23.7. The second-order valence-electron chi connectivity index (χ2n) is 8.77. The summed E-state index contributed by atoms with van der Waals surface area (Å²) >= 11 is 1.65. The quantitative estimate of drug-likeness (QED) is 0.479. The molecule has 34 heavy (non-hydrogen) atoms. The third kappa shape index (κ3) is 4.21. The lowest BCUT2D eigenvalue weighted by molar-refractivity contribution is -0.134. The van der Waals surface area contributed by atoms with Crippen molar-refractivity contribution < 1.29 is 14.3 Å². The number of hydrazone groups is 1. The van der Waals surface area contributed by atoms with Gasteiger partial charge in [-0.2, -0.15) is 5.10 Å². The van der Waals surface area contributed by atoms with Gasteiger partial charge in [-0.25, -0.2) is 5.01 Å². The fraction of sp³-hybridized carbons (Fsp3) is 0.333. The molecular formula is C27H29N3O3S. The highest BCUT2D eigenvalue weighted by Crippen LogP contribution is 2.39. The number of likely N-dealkylation sites (N-methyl/N-ethyl adjacent to an activating group) is 1. The van der Waals surface area contributed by atoms with Crippen LogP contribution in [-0.2, 0) is 11.2 Å². The average Bonchev–Trinajstić information content (AvgIpc) is 3.62. The number of nitrogens with zero attached hydrogens (tertiary/aromatic N) is 3. The Labute approximate surface area is 204 Å². The van der Waals surface area contributed by atoms with E-state index < -0.39 is 0 Å². The van der Waals surface area contributed by atoms with Crippen molar-refractivity contribution in [2.75, 3.05) is 27.8 Å². The number of amides is 1. The van der Waals surface area contributed by atoms with Gasteiger partial charge in [-0.1, -0.05) is 36.4 Å².